The highest BCUT2D eigenvalue weighted by Crippen LogP contribution is 2.17. The molecule has 0 saturated carbocycles. The largest absolute Gasteiger partial charge is 0.384 e. The minimum atomic E-state index is 0.441. The smallest absolute Gasteiger partial charge is 0.128 e. The standard InChI is InChI=1S/C17H22N4/c18-16-9-4-10-17(20-16)19-15-8-5-11-21(13-15)12-14-6-2-1-3-7-14/h1-4,6-7,9-10,15H,5,8,11-13H2,(H3,18,19,20). The number of piperidine rings is 1. The maximum atomic E-state index is 5.73. The van der Waals surface area contributed by atoms with Crippen molar-refractivity contribution in [2.24, 2.45) is 0 Å². The number of benzene rings is 1. The van der Waals surface area contributed by atoms with Crippen molar-refractivity contribution in [2.45, 2.75) is 25.4 Å². The molecule has 0 aliphatic carbocycles. The van der Waals surface area contributed by atoms with Crippen LogP contribution in [-0.2, 0) is 6.54 Å². The predicted molar refractivity (Wildman–Crippen MR) is 87.0 cm³/mol. The molecule has 2 aromatic rings. The molecule has 1 aliphatic heterocycles. The van der Waals surface area contributed by atoms with Crippen molar-refractivity contribution < 1.29 is 0 Å². The molecule has 4 nitrogen and oxygen atoms in total. The number of hydrogen-bond acceptors (Lipinski definition) is 4. The highest BCUT2D eigenvalue weighted by molar-refractivity contribution is 5.43. The van der Waals surface area contributed by atoms with E-state index in [0.717, 1.165) is 25.5 Å². The molecule has 1 unspecified atom stereocenters. The van der Waals surface area contributed by atoms with Gasteiger partial charge in [0.05, 0.1) is 0 Å². The fourth-order valence-corrected chi connectivity index (χ4v) is 2.90. The monoisotopic (exact) mass is 282 g/mol. The van der Waals surface area contributed by atoms with E-state index in [-0.39, 0.29) is 0 Å². The number of nitrogen functional groups attached to an aromatic ring is 1. The molecule has 1 saturated heterocycles. The van der Waals surface area contributed by atoms with Crippen molar-refractivity contribution >= 4 is 11.6 Å². The summed E-state index contributed by atoms with van der Waals surface area (Å²) in [5.74, 6) is 1.44. The van der Waals surface area contributed by atoms with E-state index >= 15 is 0 Å². The van der Waals surface area contributed by atoms with Gasteiger partial charge in [0.1, 0.15) is 11.6 Å². The Morgan fingerprint density at radius 2 is 2.00 bits per heavy atom. The average Bonchev–Trinajstić information content (AvgIpc) is 2.49. The number of likely N-dealkylation sites (tertiary alicyclic amines) is 1. The molecule has 0 spiro atoms. The van der Waals surface area contributed by atoms with Gasteiger partial charge < -0.3 is 11.1 Å². The summed E-state index contributed by atoms with van der Waals surface area (Å²) in [4.78, 5) is 6.83. The first kappa shape index (κ1) is 13.9. The van der Waals surface area contributed by atoms with Gasteiger partial charge >= 0.3 is 0 Å². The molecule has 0 amide bonds. The highest BCUT2D eigenvalue weighted by atomic mass is 15.2. The zero-order chi connectivity index (χ0) is 14.5. The lowest BCUT2D eigenvalue weighted by Crippen LogP contribution is -2.41. The molecule has 1 aromatic carbocycles. The first-order chi connectivity index (χ1) is 10.3. The molecule has 3 N–H and O–H groups in total. The van der Waals surface area contributed by atoms with Gasteiger partial charge in [-0.15, -0.1) is 0 Å². The van der Waals surface area contributed by atoms with Crippen LogP contribution in [-0.4, -0.2) is 29.0 Å². The van der Waals surface area contributed by atoms with E-state index in [9.17, 15) is 0 Å². The van der Waals surface area contributed by atoms with Gasteiger partial charge in [0, 0.05) is 19.1 Å². The second kappa shape index (κ2) is 6.59. The topological polar surface area (TPSA) is 54.2 Å². The predicted octanol–water partition coefficient (Wildman–Crippen LogP) is 2.74. The number of anilines is 2. The van der Waals surface area contributed by atoms with Crippen LogP contribution in [0.5, 0.6) is 0 Å². The molecule has 3 rings (SSSR count). The molecular weight excluding hydrogens is 260 g/mol. The van der Waals surface area contributed by atoms with E-state index in [1.54, 1.807) is 0 Å². The molecule has 1 aromatic heterocycles. The Morgan fingerprint density at radius 1 is 1.14 bits per heavy atom. The van der Waals surface area contributed by atoms with Crippen molar-refractivity contribution in [2.75, 3.05) is 24.1 Å². The summed E-state index contributed by atoms with van der Waals surface area (Å²) in [6, 6.07) is 16.8. The lowest BCUT2D eigenvalue weighted by molar-refractivity contribution is 0.208. The fourth-order valence-electron chi connectivity index (χ4n) is 2.90. The summed E-state index contributed by atoms with van der Waals surface area (Å²) in [5, 5.41) is 3.50. The molecule has 110 valence electrons. The summed E-state index contributed by atoms with van der Waals surface area (Å²) >= 11 is 0. The Bertz CT molecular complexity index is 570. The SMILES string of the molecule is Nc1cccc(NC2CCCN(Cc3ccccc3)C2)n1. The summed E-state index contributed by atoms with van der Waals surface area (Å²) in [6.07, 6.45) is 2.40. The molecule has 21 heavy (non-hydrogen) atoms. The van der Waals surface area contributed by atoms with Crippen LogP contribution in [0, 0.1) is 0 Å². The van der Waals surface area contributed by atoms with Gasteiger partial charge in [-0.3, -0.25) is 4.90 Å². The highest BCUT2D eigenvalue weighted by Gasteiger charge is 2.20. The molecule has 1 aliphatic rings. The van der Waals surface area contributed by atoms with Crippen LogP contribution in [0.25, 0.3) is 0 Å². The minimum absolute atomic E-state index is 0.441. The number of aromatic nitrogens is 1. The molecule has 4 heteroatoms. The Kier molecular flexibility index (Phi) is 4.36. The van der Waals surface area contributed by atoms with Crippen molar-refractivity contribution in [3.63, 3.8) is 0 Å². The van der Waals surface area contributed by atoms with E-state index in [1.807, 2.05) is 18.2 Å². The molecule has 0 radical (unpaired) electrons. The van der Waals surface area contributed by atoms with Crippen LogP contribution in [0.15, 0.2) is 48.5 Å². The first-order valence-electron chi connectivity index (χ1n) is 7.55. The quantitative estimate of drug-likeness (QED) is 0.905. The normalized spacial score (nSPS) is 19.3. The van der Waals surface area contributed by atoms with Gasteiger partial charge in [-0.05, 0) is 37.1 Å². The van der Waals surface area contributed by atoms with E-state index in [2.05, 4.69) is 45.5 Å². The van der Waals surface area contributed by atoms with E-state index in [4.69, 9.17) is 5.73 Å². The maximum Gasteiger partial charge on any atom is 0.128 e. The number of pyridine rings is 1. The summed E-state index contributed by atoms with van der Waals surface area (Å²) in [7, 11) is 0. The van der Waals surface area contributed by atoms with Crippen LogP contribution in [0.2, 0.25) is 0 Å². The van der Waals surface area contributed by atoms with E-state index in [0.29, 0.717) is 11.9 Å². The second-order valence-electron chi connectivity index (χ2n) is 5.65. The van der Waals surface area contributed by atoms with E-state index in [1.165, 1.54) is 18.4 Å². The lowest BCUT2D eigenvalue weighted by atomic mass is 10.0. The number of nitrogens with zero attached hydrogens (tertiary/aromatic N) is 2. The number of hydrogen-bond donors (Lipinski definition) is 2. The first-order valence-corrected chi connectivity index (χ1v) is 7.55. The van der Waals surface area contributed by atoms with Gasteiger partial charge in [-0.1, -0.05) is 36.4 Å². The summed E-state index contributed by atoms with van der Waals surface area (Å²) < 4.78 is 0. The third-order valence-corrected chi connectivity index (χ3v) is 3.88. The number of nitrogens with one attached hydrogen (secondary N) is 1. The third kappa shape index (κ3) is 3.95. The zero-order valence-corrected chi connectivity index (χ0v) is 12.2. The van der Waals surface area contributed by atoms with Crippen LogP contribution in [0.1, 0.15) is 18.4 Å². The Morgan fingerprint density at radius 3 is 2.81 bits per heavy atom. The maximum absolute atomic E-state index is 5.73. The Labute approximate surface area is 126 Å². The van der Waals surface area contributed by atoms with Crippen molar-refractivity contribution in [3.05, 3.63) is 54.1 Å². The van der Waals surface area contributed by atoms with Crippen LogP contribution < -0.4 is 11.1 Å². The fraction of sp³-hybridized carbons (Fsp3) is 0.353. The minimum Gasteiger partial charge on any atom is -0.384 e. The molecule has 1 atom stereocenters. The van der Waals surface area contributed by atoms with Crippen molar-refractivity contribution in [1.82, 2.24) is 9.88 Å². The van der Waals surface area contributed by atoms with Crippen molar-refractivity contribution in [3.8, 4) is 0 Å². The van der Waals surface area contributed by atoms with Gasteiger partial charge in [-0.25, -0.2) is 4.98 Å². The van der Waals surface area contributed by atoms with Crippen LogP contribution in [0.3, 0.4) is 0 Å². The Hall–Kier alpha value is -2.07. The lowest BCUT2D eigenvalue weighted by Gasteiger charge is -2.33. The van der Waals surface area contributed by atoms with E-state index < -0.39 is 0 Å². The van der Waals surface area contributed by atoms with Gasteiger partial charge in [0.15, 0.2) is 0 Å². The molecule has 2 heterocycles. The zero-order valence-electron chi connectivity index (χ0n) is 12.2. The van der Waals surface area contributed by atoms with Gasteiger partial charge in [0.2, 0.25) is 0 Å². The number of nitrogens with two attached hydrogens (primary N) is 1. The molecule has 1 fully saturated rings. The van der Waals surface area contributed by atoms with Gasteiger partial charge in [-0.2, -0.15) is 0 Å². The number of rotatable bonds is 4. The third-order valence-electron chi connectivity index (χ3n) is 3.88. The van der Waals surface area contributed by atoms with Gasteiger partial charge in [0.25, 0.3) is 0 Å². The summed E-state index contributed by atoms with van der Waals surface area (Å²) in [6.45, 7) is 3.23. The summed E-state index contributed by atoms with van der Waals surface area (Å²) in [5.41, 5.74) is 7.11. The molecular formula is C17H22N4. The van der Waals surface area contributed by atoms with Crippen LogP contribution in [0.4, 0.5) is 11.6 Å². The average molecular weight is 282 g/mol. The molecule has 0 bridgehead atoms. The van der Waals surface area contributed by atoms with Crippen molar-refractivity contribution in [1.29, 1.82) is 0 Å². The van der Waals surface area contributed by atoms with Crippen LogP contribution >= 0.6 is 0 Å². The second-order valence-corrected chi connectivity index (χ2v) is 5.65. The Balaban J connectivity index is 1.58.